The zero-order valence-electron chi connectivity index (χ0n) is 25.4. The summed E-state index contributed by atoms with van der Waals surface area (Å²) >= 11 is 0. The second-order valence-corrected chi connectivity index (χ2v) is 12.8. The zero-order valence-corrected chi connectivity index (χ0v) is 25.4. The van der Waals surface area contributed by atoms with Crippen LogP contribution in [-0.4, -0.2) is 58.8 Å². The van der Waals surface area contributed by atoms with Gasteiger partial charge in [-0.25, -0.2) is 9.98 Å². The summed E-state index contributed by atoms with van der Waals surface area (Å²) in [6, 6.07) is 12.2. The highest BCUT2D eigenvalue weighted by Crippen LogP contribution is 2.58. The van der Waals surface area contributed by atoms with Gasteiger partial charge in [-0.15, -0.1) is 0 Å². The Morgan fingerprint density at radius 3 is 2.64 bits per heavy atom. The van der Waals surface area contributed by atoms with Crippen LogP contribution in [0.3, 0.4) is 0 Å². The van der Waals surface area contributed by atoms with Gasteiger partial charge >= 0.3 is 0 Å². The van der Waals surface area contributed by atoms with E-state index in [-0.39, 0.29) is 24.3 Å². The van der Waals surface area contributed by atoms with Crippen LogP contribution >= 0.6 is 0 Å². The molecule has 1 spiro atoms. The van der Waals surface area contributed by atoms with Crippen molar-refractivity contribution in [1.29, 1.82) is 0 Å². The Hall–Kier alpha value is -4.38. The average Bonchev–Trinajstić information content (AvgIpc) is 3.75. The fourth-order valence-corrected chi connectivity index (χ4v) is 6.61. The molecule has 4 N–H and O–H groups in total. The van der Waals surface area contributed by atoms with Gasteiger partial charge in [0, 0.05) is 17.7 Å². The lowest BCUT2D eigenvalue weighted by atomic mass is 9.72. The number of anilines is 1. The molecule has 3 aromatic rings. The third-order valence-corrected chi connectivity index (χ3v) is 8.95. The number of para-hydroxylation sites is 1. The minimum atomic E-state index is -1.25. The van der Waals surface area contributed by atoms with Crippen molar-refractivity contribution < 1.29 is 28.6 Å². The molecule has 0 saturated carbocycles. The Balaban J connectivity index is 1.47. The van der Waals surface area contributed by atoms with Gasteiger partial charge in [0.1, 0.15) is 36.0 Å². The molecule has 11 heteroatoms. The van der Waals surface area contributed by atoms with Gasteiger partial charge in [-0.2, -0.15) is 0 Å². The number of oxazole rings is 1. The van der Waals surface area contributed by atoms with Crippen LogP contribution < -0.4 is 20.7 Å². The van der Waals surface area contributed by atoms with Crippen LogP contribution in [0.25, 0.3) is 0 Å². The smallest absolute Gasteiger partial charge is 0.249 e. The molecule has 44 heavy (non-hydrogen) atoms. The van der Waals surface area contributed by atoms with Crippen LogP contribution in [0.2, 0.25) is 0 Å². The summed E-state index contributed by atoms with van der Waals surface area (Å²) in [4.78, 5) is 36.6. The number of carbonyl (C=O) groups excluding carboxylic acids is 2. The first-order valence-corrected chi connectivity index (χ1v) is 15.2. The van der Waals surface area contributed by atoms with Gasteiger partial charge in [0.25, 0.3) is 0 Å². The number of carbonyl (C=O) groups is 2. The predicted molar refractivity (Wildman–Crippen MR) is 161 cm³/mol. The first kappa shape index (κ1) is 28.4. The quantitative estimate of drug-likeness (QED) is 0.350. The number of hydrogen-bond acceptors (Lipinski definition) is 9. The average molecular weight is 600 g/mol. The van der Waals surface area contributed by atoms with E-state index in [1.165, 1.54) is 0 Å². The minimum absolute atomic E-state index is 0.0488. The summed E-state index contributed by atoms with van der Waals surface area (Å²) in [7, 11) is 0. The highest BCUT2D eigenvalue weighted by atomic mass is 16.5. The molecule has 1 unspecified atom stereocenters. The van der Waals surface area contributed by atoms with Gasteiger partial charge in [-0.1, -0.05) is 58.0 Å². The number of aromatic nitrogens is 1. The highest BCUT2D eigenvalue weighted by molar-refractivity contribution is 5.96. The summed E-state index contributed by atoms with van der Waals surface area (Å²) in [6.07, 6.45) is -1.60. The molecular formula is C33H37N5O6. The third kappa shape index (κ3) is 4.28. The fraction of sp³-hybridized carbons (Fsp3) is 0.455. The Morgan fingerprint density at radius 1 is 1.11 bits per heavy atom. The normalized spacial score (nSPS) is 27.2. The maximum absolute atomic E-state index is 13.9. The van der Waals surface area contributed by atoms with Gasteiger partial charge in [0.15, 0.2) is 17.7 Å². The van der Waals surface area contributed by atoms with E-state index in [9.17, 15) is 14.7 Å². The molecule has 2 aromatic carbocycles. The van der Waals surface area contributed by atoms with Crippen LogP contribution in [0.5, 0.6) is 5.75 Å². The Bertz CT molecular complexity index is 1680. The predicted octanol–water partition coefficient (Wildman–Crippen LogP) is 3.19. The van der Waals surface area contributed by atoms with Crippen molar-refractivity contribution in [3.05, 3.63) is 76.5 Å². The lowest BCUT2D eigenvalue weighted by Crippen LogP contribution is -2.52. The summed E-state index contributed by atoms with van der Waals surface area (Å²) in [5, 5.41) is 19.9. The SMILES string of the molecule is CC(C)[C@H](O)C(=O)N[C@H]1Cc2ccc3c(c2)C2(c4ccccc4N[C@H]2O3)c2oc(nc2C2=N[C@@H](C)CO2)[C@H](C(C)C)NC1=O. The monoisotopic (exact) mass is 599 g/mol. The number of nitrogens with zero attached hydrogens (tertiary/aromatic N) is 2. The molecule has 0 radical (unpaired) electrons. The standard InChI is InChI=1S/C33H37N5O6/c1-15(2)24-31-38-25(30-34-17(5)14-42-30)27(44-31)33-19-8-6-7-9-21(19)36-32(33)43-23-11-10-18(12-20(23)33)13-22(28(40)37-24)35-29(41)26(39)16(3)4/h6-12,15-17,22,24,26,32,36,39H,13-14H2,1-5H3,(H,35,41)(H,37,40)/t17-,22-,24-,26-,32-,33?/m0/s1. The van der Waals surface area contributed by atoms with E-state index in [2.05, 4.69) is 22.0 Å². The topological polar surface area (TPSA) is 147 Å². The second-order valence-electron chi connectivity index (χ2n) is 12.8. The molecule has 2 amide bonds. The Labute approximate surface area is 255 Å². The van der Waals surface area contributed by atoms with Crippen LogP contribution in [0.15, 0.2) is 51.9 Å². The molecular weight excluding hydrogens is 562 g/mol. The van der Waals surface area contributed by atoms with E-state index in [4.69, 9.17) is 23.9 Å². The van der Waals surface area contributed by atoms with Crippen molar-refractivity contribution in [3.63, 3.8) is 0 Å². The number of hydrogen-bond donors (Lipinski definition) is 4. The Morgan fingerprint density at radius 2 is 1.91 bits per heavy atom. The number of ether oxygens (including phenoxy) is 2. The lowest BCUT2D eigenvalue weighted by molar-refractivity contribution is -0.135. The maximum Gasteiger partial charge on any atom is 0.249 e. The summed E-state index contributed by atoms with van der Waals surface area (Å²) < 4.78 is 19.4. The number of amides is 2. The van der Waals surface area contributed by atoms with E-state index in [1.54, 1.807) is 13.8 Å². The molecule has 5 heterocycles. The summed E-state index contributed by atoms with van der Waals surface area (Å²) in [5.41, 5.74) is 3.05. The third-order valence-electron chi connectivity index (χ3n) is 8.95. The molecule has 4 aliphatic heterocycles. The number of fused-ring (bicyclic) bond motifs is 4. The molecule has 230 valence electrons. The minimum Gasteiger partial charge on any atom is -0.474 e. The van der Waals surface area contributed by atoms with E-state index in [0.29, 0.717) is 35.6 Å². The van der Waals surface area contributed by atoms with Crippen LogP contribution in [0, 0.1) is 11.8 Å². The molecule has 0 fully saturated rings. The first-order chi connectivity index (χ1) is 21.1. The van der Waals surface area contributed by atoms with Gasteiger partial charge in [0.05, 0.1) is 6.04 Å². The van der Waals surface area contributed by atoms with E-state index in [0.717, 1.165) is 22.4 Å². The number of nitrogens with one attached hydrogen (secondary N) is 3. The summed E-state index contributed by atoms with van der Waals surface area (Å²) in [6.45, 7) is 9.84. The van der Waals surface area contributed by atoms with Crippen molar-refractivity contribution in [2.45, 2.75) is 76.9 Å². The van der Waals surface area contributed by atoms with Gasteiger partial charge in [-0.3, -0.25) is 9.59 Å². The van der Waals surface area contributed by atoms with E-state index in [1.807, 2.05) is 57.2 Å². The molecule has 0 saturated heterocycles. The maximum atomic E-state index is 13.9. The molecule has 4 bridgehead atoms. The zero-order chi connectivity index (χ0) is 30.9. The number of aliphatic hydroxyl groups excluding tert-OH is 1. The van der Waals surface area contributed by atoms with Crippen LogP contribution in [0.4, 0.5) is 5.69 Å². The fourth-order valence-electron chi connectivity index (χ4n) is 6.61. The van der Waals surface area contributed by atoms with Crippen molar-refractivity contribution >= 4 is 23.4 Å². The Kier molecular flexibility index (Phi) is 6.69. The molecule has 7 rings (SSSR count). The van der Waals surface area contributed by atoms with Crippen molar-refractivity contribution in [1.82, 2.24) is 15.6 Å². The van der Waals surface area contributed by atoms with Gasteiger partial charge in [0.2, 0.25) is 23.6 Å². The van der Waals surface area contributed by atoms with Crippen LogP contribution in [0.1, 0.15) is 74.7 Å². The number of aliphatic imine (C=N–C) groups is 1. The second kappa shape index (κ2) is 10.4. The van der Waals surface area contributed by atoms with Crippen LogP contribution in [-0.2, 0) is 26.2 Å². The highest BCUT2D eigenvalue weighted by Gasteiger charge is 2.61. The van der Waals surface area contributed by atoms with Gasteiger partial charge < -0.3 is 34.9 Å². The van der Waals surface area contributed by atoms with Crippen molar-refractivity contribution in [2.24, 2.45) is 16.8 Å². The van der Waals surface area contributed by atoms with Crippen molar-refractivity contribution in [3.8, 4) is 5.75 Å². The molecule has 4 aliphatic rings. The molecule has 6 atom stereocenters. The summed E-state index contributed by atoms with van der Waals surface area (Å²) in [5.74, 6) is 0.447. The van der Waals surface area contributed by atoms with E-state index >= 15 is 0 Å². The molecule has 11 nitrogen and oxygen atoms in total. The number of rotatable bonds is 5. The number of benzene rings is 2. The molecule has 0 aliphatic carbocycles. The van der Waals surface area contributed by atoms with Crippen molar-refractivity contribution in [2.75, 3.05) is 11.9 Å². The van der Waals surface area contributed by atoms with Gasteiger partial charge in [-0.05, 0) is 42.0 Å². The number of aliphatic hydroxyl groups is 1. The lowest BCUT2D eigenvalue weighted by Gasteiger charge is -2.29. The largest absolute Gasteiger partial charge is 0.474 e. The first-order valence-electron chi connectivity index (χ1n) is 15.2. The molecule has 1 aromatic heterocycles. The van der Waals surface area contributed by atoms with E-state index < -0.39 is 41.6 Å².